The topological polar surface area (TPSA) is 55.6 Å². The van der Waals surface area contributed by atoms with E-state index in [1.165, 1.54) is 0 Å². The fourth-order valence-corrected chi connectivity index (χ4v) is 1.72. The lowest BCUT2D eigenvalue weighted by Gasteiger charge is -2.23. The predicted octanol–water partition coefficient (Wildman–Crippen LogP) is 2.29. The molecule has 1 aromatic rings. The van der Waals surface area contributed by atoms with E-state index in [1.54, 1.807) is 25.1 Å². The number of esters is 1. The van der Waals surface area contributed by atoms with E-state index < -0.39 is 0 Å². The molecule has 0 aliphatic heterocycles. The van der Waals surface area contributed by atoms with E-state index in [2.05, 4.69) is 18.7 Å². The summed E-state index contributed by atoms with van der Waals surface area (Å²) >= 11 is 0. The molecule has 0 saturated heterocycles. The van der Waals surface area contributed by atoms with Crippen molar-refractivity contribution < 1.29 is 9.53 Å². The lowest BCUT2D eigenvalue weighted by atomic mass is 10.1. The third kappa shape index (κ3) is 3.12. The second-order valence-electron chi connectivity index (χ2n) is 3.67. The van der Waals surface area contributed by atoms with Gasteiger partial charge < -0.3 is 15.4 Å². The van der Waals surface area contributed by atoms with Gasteiger partial charge in [0.25, 0.3) is 0 Å². The van der Waals surface area contributed by atoms with Crippen LogP contribution in [0, 0.1) is 0 Å². The Balaban J connectivity index is 3.05. The van der Waals surface area contributed by atoms with Crippen LogP contribution in [0.5, 0.6) is 0 Å². The monoisotopic (exact) mass is 236 g/mol. The second-order valence-corrected chi connectivity index (χ2v) is 3.67. The minimum Gasteiger partial charge on any atom is -0.462 e. The van der Waals surface area contributed by atoms with E-state index >= 15 is 0 Å². The summed E-state index contributed by atoms with van der Waals surface area (Å²) in [6.07, 6.45) is 0. The van der Waals surface area contributed by atoms with Gasteiger partial charge in [-0.25, -0.2) is 4.79 Å². The summed E-state index contributed by atoms with van der Waals surface area (Å²) in [7, 11) is 0. The van der Waals surface area contributed by atoms with Gasteiger partial charge in [-0.1, -0.05) is 0 Å². The van der Waals surface area contributed by atoms with Crippen LogP contribution in [0.2, 0.25) is 0 Å². The Hall–Kier alpha value is -1.71. The SMILES string of the molecule is CCOC(=O)c1ccc(N)c(N(CC)CC)c1. The summed E-state index contributed by atoms with van der Waals surface area (Å²) in [5.41, 5.74) is 8.04. The summed E-state index contributed by atoms with van der Waals surface area (Å²) in [5, 5.41) is 0. The molecule has 0 heterocycles. The molecule has 0 atom stereocenters. The maximum absolute atomic E-state index is 11.6. The molecular formula is C13H20N2O2. The average Bonchev–Trinajstić information content (AvgIpc) is 2.33. The Morgan fingerprint density at radius 3 is 2.47 bits per heavy atom. The summed E-state index contributed by atoms with van der Waals surface area (Å²) in [4.78, 5) is 13.7. The van der Waals surface area contributed by atoms with Crippen LogP contribution in [0.1, 0.15) is 31.1 Å². The molecule has 0 aromatic heterocycles. The second kappa shape index (κ2) is 6.13. The van der Waals surface area contributed by atoms with Gasteiger partial charge in [-0.3, -0.25) is 0 Å². The number of hydrogen-bond donors (Lipinski definition) is 1. The highest BCUT2D eigenvalue weighted by Crippen LogP contribution is 2.24. The van der Waals surface area contributed by atoms with Crippen molar-refractivity contribution in [2.75, 3.05) is 30.3 Å². The van der Waals surface area contributed by atoms with Crippen molar-refractivity contribution in [1.82, 2.24) is 0 Å². The maximum Gasteiger partial charge on any atom is 0.338 e. The lowest BCUT2D eigenvalue weighted by Crippen LogP contribution is -2.23. The number of rotatable bonds is 5. The van der Waals surface area contributed by atoms with Gasteiger partial charge in [0.1, 0.15) is 0 Å². The standard InChI is InChI=1S/C13H20N2O2/c1-4-15(5-2)12-9-10(7-8-11(12)14)13(16)17-6-3/h7-9H,4-6,14H2,1-3H3. The van der Waals surface area contributed by atoms with Gasteiger partial charge in [-0.2, -0.15) is 0 Å². The van der Waals surface area contributed by atoms with Crippen molar-refractivity contribution in [3.8, 4) is 0 Å². The van der Waals surface area contributed by atoms with Gasteiger partial charge in [-0.05, 0) is 39.0 Å². The average molecular weight is 236 g/mol. The Labute approximate surface area is 102 Å². The number of nitrogen functional groups attached to an aromatic ring is 1. The van der Waals surface area contributed by atoms with Crippen LogP contribution in [0.3, 0.4) is 0 Å². The number of nitrogens with zero attached hydrogens (tertiary/aromatic N) is 1. The van der Waals surface area contributed by atoms with E-state index in [0.29, 0.717) is 17.9 Å². The Morgan fingerprint density at radius 2 is 1.94 bits per heavy atom. The molecule has 0 amide bonds. The zero-order valence-electron chi connectivity index (χ0n) is 10.7. The molecule has 0 fully saturated rings. The summed E-state index contributed by atoms with van der Waals surface area (Å²) in [6.45, 7) is 7.99. The zero-order chi connectivity index (χ0) is 12.8. The Morgan fingerprint density at radius 1 is 1.29 bits per heavy atom. The molecule has 0 saturated carbocycles. The number of carbonyl (C=O) groups excluding carboxylic acids is 1. The minimum atomic E-state index is -0.305. The van der Waals surface area contributed by atoms with Gasteiger partial charge in [-0.15, -0.1) is 0 Å². The van der Waals surface area contributed by atoms with Crippen LogP contribution in [-0.4, -0.2) is 25.7 Å². The molecule has 17 heavy (non-hydrogen) atoms. The van der Waals surface area contributed by atoms with E-state index in [-0.39, 0.29) is 5.97 Å². The van der Waals surface area contributed by atoms with Gasteiger partial charge in [0.15, 0.2) is 0 Å². The molecule has 0 spiro atoms. The van der Waals surface area contributed by atoms with Crippen molar-refractivity contribution in [3.63, 3.8) is 0 Å². The third-order valence-electron chi connectivity index (χ3n) is 2.65. The van der Waals surface area contributed by atoms with Crippen LogP contribution < -0.4 is 10.6 Å². The molecule has 4 nitrogen and oxygen atoms in total. The van der Waals surface area contributed by atoms with E-state index in [4.69, 9.17) is 10.5 Å². The zero-order valence-corrected chi connectivity index (χ0v) is 10.7. The van der Waals surface area contributed by atoms with Crippen LogP contribution in [-0.2, 0) is 4.74 Å². The molecule has 2 N–H and O–H groups in total. The first-order valence-electron chi connectivity index (χ1n) is 5.95. The number of anilines is 2. The highest BCUT2D eigenvalue weighted by Gasteiger charge is 2.12. The van der Waals surface area contributed by atoms with E-state index in [1.807, 2.05) is 0 Å². The molecule has 0 bridgehead atoms. The summed E-state index contributed by atoms with van der Waals surface area (Å²) in [5.74, 6) is -0.305. The van der Waals surface area contributed by atoms with E-state index in [9.17, 15) is 4.79 Å². The molecule has 0 unspecified atom stereocenters. The smallest absolute Gasteiger partial charge is 0.338 e. The first-order chi connectivity index (χ1) is 8.13. The van der Waals surface area contributed by atoms with E-state index in [0.717, 1.165) is 18.8 Å². The molecule has 94 valence electrons. The van der Waals surface area contributed by atoms with Crippen LogP contribution in [0.4, 0.5) is 11.4 Å². The molecule has 1 aromatic carbocycles. The van der Waals surface area contributed by atoms with Gasteiger partial charge in [0, 0.05) is 13.1 Å². The normalized spacial score (nSPS) is 10.1. The van der Waals surface area contributed by atoms with Crippen molar-refractivity contribution in [3.05, 3.63) is 23.8 Å². The van der Waals surface area contributed by atoms with Crippen molar-refractivity contribution in [2.24, 2.45) is 0 Å². The van der Waals surface area contributed by atoms with Crippen molar-refractivity contribution >= 4 is 17.3 Å². The number of hydrogen-bond acceptors (Lipinski definition) is 4. The molecule has 1 rings (SSSR count). The first kappa shape index (κ1) is 13.4. The summed E-state index contributed by atoms with van der Waals surface area (Å²) in [6, 6.07) is 5.24. The van der Waals surface area contributed by atoms with Crippen LogP contribution >= 0.6 is 0 Å². The van der Waals surface area contributed by atoms with Gasteiger partial charge >= 0.3 is 5.97 Å². The Kier molecular flexibility index (Phi) is 4.82. The van der Waals surface area contributed by atoms with Crippen LogP contribution in [0.25, 0.3) is 0 Å². The molecule has 0 radical (unpaired) electrons. The fraction of sp³-hybridized carbons (Fsp3) is 0.462. The quantitative estimate of drug-likeness (QED) is 0.629. The summed E-state index contributed by atoms with van der Waals surface area (Å²) < 4.78 is 4.97. The highest BCUT2D eigenvalue weighted by atomic mass is 16.5. The molecular weight excluding hydrogens is 216 g/mol. The number of nitrogens with two attached hydrogens (primary N) is 1. The maximum atomic E-state index is 11.6. The number of benzene rings is 1. The predicted molar refractivity (Wildman–Crippen MR) is 70.4 cm³/mol. The Bertz CT molecular complexity index is 387. The molecule has 0 aliphatic carbocycles. The molecule has 4 heteroatoms. The highest BCUT2D eigenvalue weighted by molar-refractivity contribution is 5.92. The van der Waals surface area contributed by atoms with Crippen molar-refractivity contribution in [1.29, 1.82) is 0 Å². The third-order valence-corrected chi connectivity index (χ3v) is 2.65. The van der Waals surface area contributed by atoms with Crippen molar-refractivity contribution in [2.45, 2.75) is 20.8 Å². The van der Waals surface area contributed by atoms with Crippen LogP contribution in [0.15, 0.2) is 18.2 Å². The van der Waals surface area contributed by atoms with Gasteiger partial charge in [0.2, 0.25) is 0 Å². The lowest BCUT2D eigenvalue weighted by molar-refractivity contribution is 0.0526. The first-order valence-corrected chi connectivity index (χ1v) is 5.95. The largest absolute Gasteiger partial charge is 0.462 e. The minimum absolute atomic E-state index is 0.305. The number of ether oxygens (including phenoxy) is 1. The number of carbonyl (C=O) groups is 1. The molecule has 0 aliphatic rings. The fourth-order valence-electron chi connectivity index (χ4n) is 1.72. The van der Waals surface area contributed by atoms with Gasteiger partial charge in [0.05, 0.1) is 23.5 Å².